The van der Waals surface area contributed by atoms with E-state index in [0.717, 1.165) is 47.5 Å². The van der Waals surface area contributed by atoms with Crippen molar-refractivity contribution in [3.63, 3.8) is 0 Å². The van der Waals surface area contributed by atoms with Crippen molar-refractivity contribution < 1.29 is 14.6 Å². The van der Waals surface area contributed by atoms with Gasteiger partial charge in [-0.05, 0) is 25.0 Å². The molecule has 1 N–H and O–H groups in total. The number of carbonyl (C=O) groups excluding carboxylic acids is 1. The van der Waals surface area contributed by atoms with Crippen molar-refractivity contribution in [3.8, 4) is 0 Å². The fourth-order valence-electron chi connectivity index (χ4n) is 3.13. The van der Waals surface area contributed by atoms with Gasteiger partial charge in [-0.15, -0.1) is 0 Å². The molecule has 0 saturated carbocycles. The van der Waals surface area contributed by atoms with E-state index >= 15 is 0 Å². The van der Waals surface area contributed by atoms with Crippen LogP contribution >= 0.6 is 0 Å². The van der Waals surface area contributed by atoms with Gasteiger partial charge in [-0.1, -0.05) is 43.5 Å². The first-order valence-corrected chi connectivity index (χ1v) is 9.08. The number of rotatable bonds is 8. The van der Waals surface area contributed by atoms with Crippen molar-refractivity contribution >= 4 is 27.8 Å². The average Bonchev–Trinajstić information content (AvgIpc) is 2.69. The zero-order chi connectivity index (χ0) is 18.4. The number of hydrogen-bond acceptors (Lipinski definition) is 5. The Morgan fingerprint density at radius 1 is 1.04 bits per heavy atom. The van der Waals surface area contributed by atoms with Crippen LogP contribution in [0.2, 0.25) is 0 Å². The zero-order valence-electron chi connectivity index (χ0n) is 15.0. The molecule has 0 saturated heterocycles. The first kappa shape index (κ1) is 18.3. The second-order valence-electron chi connectivity index (χ2n) is 6.49. The summed E-state index contributed by atoms with van der Waals surface area (Å²) < 4.78 is 4.63. The highest BCUT2D eigenvalue weighted by Gasteiger charge is 2.11. The topological polar surface area (TPSA) is 72.3 Å². The van der Waals surface area contributed by atoms with Crippen molar-refractivity contribution in [2.24, 2.45) is 0 Å². The Hall–Kier alpha value is -2.53. The fraction of sp³-hybridized carbons (Fsp3) is 0.381. The van der Waals surface area contributed by atoms with E-state index in [4.69, 9.17) is 0 Å². The highest BCUT2D eigenvalue weighted by Crippen LogP contribution is 2.25. The number of esters is 1. The van der Waals surface area contributed by atoms with E-state index in [-0.39, 0.29) is 5.97 Å². The molecule has 3 rings (SSSR count). The molecule has 0 aliphatic heterocycles. The first-order chi connectivity index (χ1) is 12.7. The van der Waals surface area contributed by atoms with E-state index in [1.54, 1.807) is 6.20 Å². The van der Waals surface area contributed by atoms with Crippen LogP contribution in [-0.2, 0) is 9.53 Å². The molecule has 2 aromatic heterocycles. The minimum atomic E-state index is -0.584. The molecule has 5 heteroatoms. The molecule has 3 aromatic rings. The first-order valence-electron chi connectivity index (χ1n) is 9.08. The van der Waals surface area contributed by atoms with E-state index in [9.17, 15) is 9.90 Å². The molecule has 0 bridgehead atoms. The van der Waals surface area contributed by atoms with Crippen LogP contribution in [0.3, 0.4) is 0 Å². The van der Waals surface area contributed by atoms with Crippen molar-refractivity contribution in [1.82, 2.24) is 9.97 Å². The van der Waals surface area contributed by atoms with Crippen LogP contribution in [0.1, 0.15) is 50.3 Å². The lowest BCUT2D eigenvalue weighted by Crippen LogP contribution is -2.02. The van der Waals surface area contributed by atoms with Crippen LogP contribution in [0.15, 0.2) is 42.6 Å². The van der Waals surface area contributed by atoms with Gasteiger partial charge in [0, 0.05) is 23.4 Å². The molecule has 0 amide bonds. The Bertz CT molecular complexity index is 895. The molecule has 0 aliphatic rings. The predicted molar refractivity (Wildman–Crippen MR) is 102 cm³/mol. The monoisotopic (exact) mass is 352 g/mol. The number of methoxy groups -OCH3 is 1. The van der Waals surface area contributed by atoms with Gasteiger partial charge in [0.2, 0.25) is 0 Å². The quantitative estimate of drug-likeness (QED) is 0.371. The molecule has 0 spiro atoms. The number of unbranched alkanes of at least 4 members (excludes halogenated alkanes) is 3. The van der Waals surface area contributed by atoms with E-state index in [0.29, 0.717) is 18.5 Å². The summed E-state index contributed by atoms with van der Waals surface area (Å²) in [7, 11) is 1.41. The third-order valence-corrected chi connectivity index (χ3v) is 4.63. The Balaban J connectivity index is 1.61. The smallest absolute Gasteiger partial charge is 0.305 e. The summed E-state index contributed by atoms with van der Waals surface area (Å²) in [6.45, 7) is 0. The second kappa shape index (κ2) is 8.72. The Labute approximate surface area is 153 Å². The van der Waals surface area contributed by atoms with Gasteiger partial charge >= 0.3 is 5.97 Å². The lowest BCUT2D eigenvalue weighted by Gasteiger charge is -2.11. The normalized spacial score (nSPS) is 12.4. The minimum Gasteiger partial charge on any atom is -0.469 e. The van der Waals surface area contributed by atoms with Crippen LogP contribution in [0, 0.1) is 0 Å². The molecular weight excluding hydrogens is 328 g/mol. The second-order valence-corrected chi connectivity index (χ2v) is 6.49. The third-order valence-electron chi connectivity index (χ3n) is 4.63. The summed E-state index contributed by atoms with van der Waals surface area (Å²) in [5, 5.41) is 12.5. The molecule has 1 atom stereocenters. The number of benzene rings is 1. The van der Waals surface area contributed by atoms with Gasteiger partial charge < -0.3 is 9.84 Å². The maximum Gasteiger partial charge on any atom is 0.305 e. The van der Waals surface area contributed by atoms with E-state index < -0.39 is 6.10 Å². The summed E-state index contributed by atoms with van der Waals surface area (Å²) in [4.78, 5) is 20.2. The number of nitrogens with zero attached hydrogens (tertiary/aromatic N) is 2. The standard InChI is InChI=1S/C21H24N2O3/c1-26-19(25)9-5-3-2-4-8-18(24)17-13-12-16-11-10-15-7-6-14-22-20(15)21(16)23-17/h6-7,10-14,18,24H,2-5,8-9H2,1H3. The van der Waals surface area contributed by atoms with Gasteiger partial charge in [0.25, 0.3) is 0 Å². The van der Waals surface area contributed by atoms with Gasteiger partial charge in [0.1, 0.15) is 0 Å². The maximum atomic E-state index is 11.1. The minimum absolute atomic E-state index is 0.161. The van der Waals surface area contributed by atoms with Crippen LogP contribution < -0.4 is 0 Å². The number of ether oxygens (including phenoxy) is 1. The Morgan fingerprint density at radius 2 is 1.77 bits per heavy atom. The maximum absolute atomic E-state index is 11.1. The molecular formula is C21H24N2O3. The van der Waals surface area contributed by atoms with Crippen LogP contribution in [-0.4, -0.2) is 28.2 Å². The molecule has 2 heterocycles. The summed E-state index contributed by atoms with van der Waals surface area (Å²) in [6.07, 6.45) is 5.97. The molecule has 0 radical (unpaired) electrons. The molecule has 0 fully saturated rings. The number of pyridine rings is 2. The number of fused-ring (bicyclic) bond motifs is 3. The van der Waals surface area contributed by atoms with Gasteiger partial charge in [0.15, 0.2) is 0 Å². The molecule has 1 aromatic carbocycles. The molecule has 1 unspecified atom stereocenters. The van der Waals surface area contributed by atoms with Gasteiger partial charge in [-0.25, -0.2) is 4.98 Å². The molecule has 136 valence electrons. The van der Waals surface area contributed by atoms with Crippen LogP contribution in [0.4, 0.5) is 0 Å². The molecule has 26 heavy (non-hydrogen) atoms. The van der Waals surface area contributed by atoms with Gasteiger partial charge in [-0.2, -0.15) is 0 Å². The summed E-state index contributed by atoms with van der Waals surface area (Å²) >= 11 is 0. The van der Waals surface area contributed by atoms with Crippen LogP contribution in [0.25, 0.3) is 21.8 Å². The fourth-order valence-corrected chi connectivity index (χ4v) is 3.13. The SMILES string of the molecule is COC(=O)CCCCCCC(O)c1ccc2ccc3cccnc3c2n1. The van der Waals surface area contributed by atoms with Crippen molar-refractivity contribution in [2.45, 2.75) is 44.6 Å². The lowest BCUT2D eigenvalue weighted by molar-refractivity contribution is -0.140. The zero-order valence-corrected chi connectivity index (χ0v) is 15.0. The van der Waals surface area contributed by atoms with E-state index in [2.05, 4.69) is 14.7 Å². The van der Waals surface area contributed by atoms with E-state index in [1.165, 1.54) is 7.11 Å². The highest BCUT2D eigenvalue weighted by molar-refractivity contribution is 6.02. The van der Waals surface area contributed by atoms with Gasteiger partial charge in [0.05, 0.1) is 29.9 Å². The average molecular weight is 352 g/mol. The van der Waals surface area contributed by atoms with Crippen molar-refractivity contribution in [3.05, 3.63) is 48.3 Å². The number of hydrogen-bond donors (Lipinski definition) is 1. The van der Waals surface area contributed by atoms with Gasteiger partial charge in [-0.3, -0.25) is 9.78 Å². The van der Waals surface area contributed by atoms with Crippen molar-refractivity contribution in [2.75, 3.05) is 7.11 Å². The molecule has 5 nitrogen and oxygen atoms in total. The number of aromatic nitrogens is 2. The summed E-state index contributed by atoms with van der Waals surface area (Å²) in [5.74, 6) is -0.161. The van der Waals surface area contributed by atoms with Crippen LogP contribution in [0.5, 0.6) is 0 Å². The van der Waals surface area contributed by atoms with E-state index in [1.807, 2.05) is 36.4 Å². The summed E-state index contributed by atoms with van der Waals surface area (Å²) in [6, 6.07) is 11.9. The molecule has 0 aliphatic carbocycles. The predicted octanol–water partition coefficient (Wildman–Crippen LogP) is 4.33. The highest BCUT2D eigenvalue weighted by atomic mass is 16.5. The summed E-state index contributed by atoms with van der Waals surface area (Å²) in [5.41, 5.74) is 2.38. The number of aliphatic hydroxyl groups is 1. The number of aliphatic hydroxyl groups excluding tert-OH is 1. The Morgan fingerprint density at radius 3 is 2.58 bits per heavy atom. The third kappa shape index (κ3) is 4.35. The van der Waals surface area contributed by atoms with Crippen molar-refractivity contribution in [1.29, 1.82) is 0 Å². The lowest BCUT2D eigenvalue weighted by atomic mass is 10.0. The Kier molecular flexibility index (Phi) is 6.12. The largest absolute Gasteiger partial charge is 0.469 e. The number of carbonyl (C=O) groups is 1.